The van der Waals surface area contributed by atoms with E-state index in [1.807, 2.05) is 91.0 Å². The Morgan fingerprint density at radius 2 is 1.31 bits per heavy atom. The van der Waals surface area contributed by atoms with Crippen molar-refractivity contribution in [3.8, 4) is 0 Å². The lowest BCUT2D eigenvalue weighted by atomic mass is 9.90. The van der Waals surface area contributed by atoms with Crippen LogP contribution in [0, 0.1) is 0 Å². The van der Waals surface area contributed by atoms with Crippen molar-refractivity contribution in [2.24, 2.45) is 16.5 Å². The van der Waals surface area contributed by atoms with E-state index in [9.17, 15) is 9.59 Å². The van der Waals surface area contributed by atoms with Gasteiger partial charge in [0.2, 0.25) is 11.8 Å². The molecule has 3 aromatic rings. The standard InChI is InChI=1S/C28H33N5O2/c29-28(30)32-19-10-17-24(26(34)31-20-18-21-11-4-1-5-12-21)33-27(35)25(22-13-6-2-7-14-22)23-15-8-3-9-16-23/h1-9,11-16,24-25H,10,17-20H2,(H,31,34)(H,33,35)(H4,29,30,32)/t24-/m1/s1. The summed E-state index contributed by atoms with van der Waals surface area (Å²) in [7, 11) is 0. The predicted octanol–water partition coefficient (Wildman–Crippen LogP) is 2.72. The van der Waals surface area contributed by atoms with E-state index in [-0.39, 0.29) is 17.8 Å². The minimum atomic E-state index is -0.706. The summed E-state index contributed by atoms with van der Waals surface area (Å²) in [6.45, 7) is 0.858. The molecule has 3 rings (SSSR count). The fourth-order valence-corrected chi connectivity index (χ4v) is 3.91. The van der Waals surface area contributed by atoms with Gasteiger partial charge in [0.25, 0.3) is 0 Å². The monoisotopic (exact) mass is 471 g/mol. The van der Waals surface area contributed by atoms with Gasteiger partial charge in [-0.2, -0.15) is 0 Å². The normalized spacial score (nSPS) is 11.5. The van der Waals surface area contributed by atoms with Crippen LogP contribution in [0.4, 0.5) is 0 Å². The zero-order chi connectivity index (χ0) is 24.9. The molecule has 35 heavy (non-hydrogen) atoms. The summed E-state index contributed by atoms with van der Waals surface area (Å²) in [5, 5.41) is 5.95. The summed E-state index contributed by atoms with van der Waals surface area (Å²) in [6.07, 6.45) is 1.67. The van der Waals surface area contributed by atoms with Gasteiger partial charge in [-0.05, 0) is 36.0 Å². The third-order valence-electron chi connectivity index (χ3n) is 5.66. The zero-order valence-corrected chi connectivity index (χ0v) is 19.8. The number of rotatable bonds is 12. The molecule has 0 radical (unpaired) electrons. The molecule has 0 fully saturated rings. The lowest BCUT2D eigenvalue weighted by molar-refractivity contribution is -0.129. The summed E-state index contributed by atoms with van der Waals surface area (Å²) < 4.78 is 0. The van der Waals surface area contributed by atoms with Crippen LogP contribution in [0.2, 0.25) is 0 Å². The highest BCUT2D eigenvalue weighted by molar-refractivity contribution is 5.92. The molecule has 3 aromatic carbocycles. The lowest BCUT2D eigenvalue weighted by Crippen LogP contribution is -2.48. The number of carbonyl (C=O) groups excluding carboxylic acids is 2. The van der Waals surface area contributed by atoms with Crippen LogP contribution in [0.5, 0.6) is 0 Å². The molecule has 0 aliphatic rings. The van der Waals surface area contributed by atoms with Crippen molar-refractivity contribution in [1.29, 1.82) is 0 Å². The first-order chi connectivity index (χ1) is 17.0. The molecule has 0 saturated carbocycles. The van der Waals surface area contributed by atoms with E-state index in [4.69, 9.17) is 11.5 Å². The van der Waals surface area contributed by atoms with E-state index in [1.54, 1.807) is 0 Å². The van der Waals surface area contributed by atoms with Gasteiger partial charge in [0.05, 0.1) is 5.92 Å². The summed E-state index contributed by atoms with van der Waals surface area (Å²) in [5.74, 6) is -0.979. The molecular weight excluding hydrogens is 438 g/mol. The van der Waals surface area contributed by atoms with E-state index in [1.165, 1.54) is 0 Å². The van der Waals surface area contributed by atoms with E-state index in [0.29, 0.717) is 32.4 Å². The molecule has 0 saturated heterocycles. The maximum Gasteiger partial charge on any atom is 0.242 e. The molecule has 0 aromatic heterocycles. The molecule has 2 amide bonds. The van der Waals surface area contributed by atoms with Crippen LogP contribution in [0.15, 0.2) is 96.0 Å². The van der Waals surface area contributed by atoms with E-state index in [2.05, 4.69) is 15.6 Å². The first kappa shape index (κ1) is 25.5. The van der Waals surface area contributed by atoms with E-state index in [0.717, 1.165) is 16.7 Å². The smallest absolute Gasteiger partial charge is 0.242 e. The molecule has 182 valence electrons. The van der Waals surface area contributed by atoms with Crippen LogP contribution in [0.3, 0.4) is 0 Å². The number of aliphatic imine (C=N–C) groups is 1. The maximum atomic E-state index is 13.5. The Bertz CT molecular complexity index is 1040. The zero-order valence-electron chi connectivity index (χ0n) is 19.8. The number of amides is 2. The molecule has 0 spiro atoms. The summed E-state index contributed by atoms with van der Waals surface area (Å²) in [5.41, 5.74) is 13.7. The highest BCUT2D eigenvalue weighted by atomic mass is 16.2. The third kappa shape index (κ3) is 8.30. The van der Waals surface area contributed by atoms with Crippen LogP contribution in [-0.4, -0.2) is 36.9 Å². The Labute approximate surface area is 206 Å². The first-order valence-electron chi connectivity index (χ1n) is 11.8. The Hall–Kier alpha value is -4.13. The fraction of sp³-hybridized carbons (Fsp3) is 0.250. The van der Waals surface area contributed by atoms with Gasteiger partial charge in [0.1, 0.15) is 6.04 Å². The van der Waals surface area contributed by atoms with E-state index < -0.39 is 12.0 Å². The molecule has 6 N–H and O–H groups in total. The molecular formula is C28H33N5O2. The van der Waals surface area contributed by atoms with Crippen LogP contribution >= 0.6 is 0 Å². The highest BCUT2D eigenvalue weighted by Crippen LogP contribution is 2.25. The van der Waals surface area contributed by atoms with Crippen molar-refractivity contribution in [2.45, 2.75) is 31.2 Å². The molecule has 0 aliphatic heterocycles. The van der Waals surface area contributed by atoms with Gasteiger partial charge in [0, 0.05) is 13.1 Å². The minimum Gasteiger partial charge on any atom is -0.370 e. The number of nitrogens with zero attached hydrogens (tertiary/aromatic N) is 1. The number of carbonyl (C=O) groups is 2. The van der Waals surface area contributed by atoms with Crippen molar-refractivity contribution in [1.82, 2.24) is 10.6 Å². The summed E-state index contributed by atoms with van der Waals surface area (Å²) >= 11 is 0. The number of hydrogen-bond acceptors (Lipinski definition) is 3. The Kier molecular flexibility index (Phi) is 9.87. The Morgan fingerprint density at radius 3 is 1.86 bits per heavy atom. The molecule has 7 nitrogen and oxygen atoms in total. The summed E-state index contributed by atoms with van der Waals surface area (Å²) in [4.78, 5) is 30.6. The van der Waals surface area contributed by atoms with Gasteiger partial charge >= 0.3 is 0 Å². The molecule has 0 bridgehead atoms. The third-order valence-corrected chi connectivity index (χ3v) is 5.66. The van der Waals surface area contributed by atoms with Crippen molar-refractivity contribution in [3.05, 3.63) is 108 Å². The average molecular weight is 472 g/mol. The molecule has 7 heteroatoms. The van der Waals surface area contributed by atoms with Crippen molar-refractivity contribution in [2.75, 3.05) is 13.1 Å². The number of nitrogens with one attached hydrogen (secondary N) is 2. The molecule has 0 unspecified atom stereocenters. The largest absolute Gasteiger partial charge is 0.370 e. The number of benzene rings is 3. The first-order valence-corrected chi connectivity index (χ1v) is 11.8. The van der Waals surface area contributed by atoms with Crippen LogP contribution in [-0.2, 0) is 16.0 Å². The number of nitrogens with two attached hydrogens (primary N) is 2. The fourth-order valence-electron chi connectivity index (χ4n) is 3.91. The van der Waals surface area contributed by atoms with Crippen LogP contribution in [0.25, 0.3) is 0 Å². The second-order valence-corrected chi connectivity index (χ2v) is 8.29. The van der Waals surface area contributed by atoms with Crippen molar-refractivity contribution < 1.29 is 9.59 Å². The second kappa shape index (κ2) is 13.5. The topological polar surface area (TPSA) is 123 Å². The van der Waals surface area contributed by atoms with Gasteiger partial charge in [-0.25, -0.2) is 0 Å². The maximum absolute atomic E-state index is 13.5. The van der Waals surface area contributed by atoms with Crippen LogP contribution < -0.4 is 22.1 Å². The quantitative estimate of drug-likeness (QED) is 0.184. The van der Waals surface area contributed by atoms with Crippen molar-refractivity contribution in [3.63, 3.8) is 0 Å². The minimum absolute atomic E-state index is 0.00566. The van der Waals surface area contributed by atoms with Crippen molar-refractivity contribution >= 4 is 17.8 Å². The van der Waals surface area contributed by atoms with Gasteiger partial charge in [-0.3, -0.25) is 14.6 Å². The van der Waals surface area contributed by atoms with Gasteiger partial charge < -0.3 is 22.1 Å². The Balaban J connectivity index is 1.72. The molecule has 1 atom stereocenters. The number of hydrogen-bond donors (Lipinski definition) is 4. The highest BCUT2D eigenvalue weighted by Gasteiger charge is 2.27. The van der Waals surface area contributed by atoms with E-state index >= 15 is 0 Å². The van der Waals surface area contributed by atoms with Gasteiger partial charge in [-0.1, -0.05) is 91.0 Å². The second-order valence-electron chi connectivity index (χ2n) is 8.29. The molecule has 0 heterocycles. The number of guanidine groups is 1. The van der Waals surface area contributed by atoms with Gasteiger partial charge in [-0.15, -0.1) is 0 Å². The molecule has 0 aliphatic carbocycles. The van der Waals surface area contributed by atoms with Crippen LogP contribution in [0.1, 0.15) is 35.4 Å². The lowest BCUT2D eigenvalue weighted by Gasteiger charge is -2.23. The summed E-state index contributed by atoms with van der Waals surface area (Å²) in [6, 6.07) is 28.4. The van der Waals surface area contributed by atoms with Gasteiger partial charge in [0.15, 0.2) is 5.96 Å². The average Bonchev–Trinajstić information content (AvgIpc) is 2.88. The Morgan fingerprint density at radius 1 is 0.771 bits per heavy atom. The predicted molar refractivity (Wildman–Crippen MR) is 140 cm³/mol. The SMILES string of the molecule is NC(N)=NCCC[C@@H](NC(=O)C(c1ccccc1)c1ccccc1)C(=O)NCCc1ccccc1.